The molecule has 1 heterocycles. The summed E-state index contributed by atoms with van der Waals surface area (Å²) in [5, 5.41) is 8.62. The molecular weight excluding hydrogens is 471 g/mol. The lowest BCUT2D eigenvalue weighted by atomic mass is 9.92. The van der Waals surface area contributed by atoms with Crippen molar-refractivity contribution in [3.05, 3.63) is 75.9 Å². The fourth-order valence-corrected chi connectivity index (χ4v) is 3.87. The third-order valence-electron chi connectivity index (χ3n) is 5.10. The van der Waals surface area contributed by atoms with Crippen molar-refractivity contribution in [3.63, 3.8) is 0 Å². The van der Waals surface area contributed by atoms with E-state index in [0.29, 0.717) is 33.7 Å². The van der Waals surface area contributed by atoms with Crippen LogP contribution in [0.15, 0.2) is 54.6 Å². The number of halogens is 2. The minimum Gasteiger partial charge on any atom is -0.329 e. The molecule has 0 fully saturated rings. The summed E-state index contributed by atoms with van der Waals surface area (Å²) in [7, 11) is 0. The highest BCUT2D eigenvalue weighted by atomic mass is 35.5. The molecule has 0 saturated heterocycles. The van der Waals surface area contributed by atoms with Gasteiger partial charge in [0.1, 0.15) is 12.4 Å². The fraction of sp³-hybridized carbons (Fsp3) is 0.346. The number of carbonyl (C=O) groups excluding carboxylic acids is 2. The number of benzene rings is 2. The Morgan fingerprint density at radius 3 is 2.38 bits per heavy atom. The lowest BCUT2D eigenvalue weighted by Crippen LogP contribution is -2.40. The maximum atomic E-state index is 13.1. The molecule has 0 aliphatic rings. The zero-order chi connectivity index (χ0) is 25.0. The topological polar surface area (TPSA) is 67.2 Å². The number of para-hydroxylation sites is 1. The van der Waals surface area contributed by atoms with E-state index in [0.717, 1.165) is 5.69 Å². The summed E-state index contributed by atoms with van der Waals surface area (Å²) in [5.41, 5.74) is 1.66. The summed E-state index contributed by atoms with van der Waals surface area (Å²) in [6, 6.07) is 15.9. The van der Waals surface area contributed by atoms with E-state index in [1.807, 2.05) is 58.9 Å². The Kier molecular flexibility index (Phi) is 8.05. The summed E-state index contributed by atoms with van der Waals surface area (Å²) >= 11 is 12.5. The van der Waals surface area contributed by atoms with Gasteiger partial charge in [0.25, 0.3) is 5.91 Å². The van der Waals surface area contributed by atoms with Crippen LogP contribution in [0.5, 0.6) is 0 Å². The molecule has 0 saturated carbocycles. The quantitative estimate of drug-likeness (QED) is 0.418. The van der Waals surface area contributed by atoms with Crippen molar-refractivity contribution >= 4 is 40.8 Å². The first-order valence-electron chi connectivity index (χ1n) is 11.2. The fourth-order valence-electron chi connectivity index (χ4n) is 3.46. The number of hydrogen-bond acceptors (Lipinski definition) is 3. The minimum atomic E-state index is -0.329. The summed E-state index contributed by atoms with van der Waals surface area (Å²) in [6.45, 7) is 10.5. The van der Waals surface area contributed by atoms with Crippen molar-refractivity contribution in [1.82, 2.24) is 14.7 Å². The van der Waals surface area contributed by atoms with Crippen LogP contribution in [0.4, 0.5) is 5.82 Å². The number of anilines is 1. The monoisotopic (exact) mass is 500 g/mol. The Morgan fingerprint density at radius 2 is 1.76 bits per heavy atom. The average Bonchev–Trinajstić information content (AvgIpc) is 3.16. The van der Waals surface area contributed by atoms with Crippen molar-refractivity contribution in [2.24, 2.45) is 5.92 Å². The normalized spacial score (nSPS) is 11.5. The number of aromatic nitrogens is 2. The first-order chi connectivity index (χ1) is 16.0. The molecule has 0 bridgehead atoms. The molecule has 0 aliphatic carbocycles. The lowest BCUT2D eigenvalue weighted by molar-refractivity contribution is -0.117. The number of nitrogens with zero attached hydrogens (tertiary/aromatic N) is 3. The molecule has 2 amide bonds. The van der Waals surface area contributed by atoms with Gasteiger partial charge in [-0.1, -0.05) is 76.0 Å². The zero-order valence-electron chi connectivity index (χ0n) is 20.1. The summed E-state index contributed by atoms with van der Waals surface area (Å²) in [5.74, 6) is 0.0887. The van der Waals surface area contributed by atoms with Crippen LogP contribution in [0, 0.1) is 5.92 Å². The predicted molar refractivity (Wildman–Crippen MR) is 138 cm³/mol. The summed E-state index contributed by atoms with van der Waals surface area (Å²) in [4.78, 5) is 27.8. The highest BCUT2D eigenvalue weighted by molar-refractivity contribution is 6.32. The molecule has 0 unspecified atom stereocenters. The molecule has 0 radical (unpaired) electrons. The molecule has 3 aromatic rings. The standard InChI is InChI=1S/C26H30Cl2N4O2/c1-17(2)15-31(25(34)18-9-8-10-19(27)13-18)16-24(33)29-23-14-22(26(3,4)5)30-32(23)21-12-7-6-11-20(21)28/h6-14,17H,15-16H2,1-5H3,(H,29,33). The molecule has 0 spiro atoms. The number of rotatable bonds is 7. The van der Waals surface area contributed by atoms with Crippen LogP contribution in [-0.4, -0.2) is 39.6 Å². The van der Waals surface area contributed by atoms with Gasteiger partial charge in [-0.05, 0) is 36.2 Å². The first-order valence-corrected chi connectivity index (χ1v) is 11.9. The van der Waals surface area contributed by atoms with Crippen molar-refractivity contribution < 1.29 is 9.59 Å². The van der Waals surface area contributed by atoms with E-state index in [2.05, 4.69) is 5.32 Å². The highest BCUT2D eigenvalue weighted by Gasteiger charge is 2.24. The molecule has 34 heavy (non-hydrogen) atoms. The van der Waals surface area contributed by atoms with E-state index >= 15 is 0 Å². The van der Waals surface area contributed by atoms with Gasteiger partial charge in [0.2, 0.25) is 5.91 Å². The van der Waals surface area contributed by atoms with Crippen molar-refractivity contribution in [1.29, 1.82) is 0 Å². The molecule has 1 aromatic heterocycles. The van der Waals surface area contributed by atoms with Crippen LogP contribution in [0.1, 0.15) is 50.7 Å². The van der Waals surface area contributed by atoms with Gasteiger partial charge in [0.05, 0.1) is 16.4 Å². The minimum absolute atomic E-state index is 0.109. The molecule has 180 valence electrons. The Morgan fingerprint density at radius 1 is 1.06 bits per heavy atom. The van der Waals surface area contributed by atoms with Crippen molar-refractivity contribution in [3.8, 4) is 5.69 Å². The molecule has 0 aliphatic heterocycles. The third-order valence-corrected chi connectivity index (χ3v) is 5.66. The number of nitrogens with one attached hydrogen (secondary N) is 1. The maximum Gasteiger partial charge on any atom is 0.254 e. The van der Waals surface area contributed by atoms with Gasteiger partial charge in [-0.3, -0.25) is 9.59 Å². The molecule has 3 rings (SSSR count). The Balaban J connectivity index is 1.89. The van der Waals surface area contributed by atoms with E-state index < -0.39 is 0 Å². The van der Waals surface area contributed by atoms with Gasteiger partial charge in [-0.15, -0.1) is 0 Å². The molecule has 0 atom stereocenters. The molecule has 8 heteroatoms. The first kappa shape index (κ1) is 25.8. The van der Waals surface area contributed by atoms with Gasteiger partial charge >= 0.3 is 0 Å². The van der Waals surface area contributed by atoms with E-state index in [1.165, 1.54) is 4.90 Å². The van der Waals surface area contributed by atoms with Gasteiger partial charge in [-0.25, -0.2) is 4.68 Å². The summed E-state index contributed by atoms with van der Waals surface area (Å²) in [6.07, 6.45) is 0. The molecule has 1 N–H and O–H groups in total. The Bertz CT molecular complexity index is 1180. The number of hydrogen-bond donors (Lipinski definition) is 1. The second kappa shape index (κ2) is 10.6. The molecule has 6 nitrogen and oxygen atoms in total. The van der Waals surface area contributed by atoms with Gasteiger partial charge in [-0.2, -0.15) is 5.10 Å². The van der Waals surface area contributed by atoms with Crippen LogP contribution in [-0.2, 0) is 10.2 Å². The second-order valence-electron chi connectivity index (χ2n) is 9.67. The van der Waals surface area contributed by atoms with Gasteiger partial charge < -0.3 is 10.2 Å². The second-order valence-corrected chi connectivity index (χ2v) is 10.5. The van der Waals surface area contributed by atoms with Crippen molar-refractivity contribution in [2.45, 2.75) is 40.0 Å². The van der Waals surface area contributed by atoms with Gasteiger partial charge in [0.15, 0.2) is 0 Å². The van der Waals surface area contributed by atoms with Crippen LogP contribution in [0.2, 0.25) is 10.0 Å². The maximum absolute atomic E-state index is 13.1. The largest absolute Gasteiger partial charge is 0.329 e. The van der Waals surface area contributed by atoms with E-state index in [-0.39, 0.29) is 29.7 Å². The third kappa shape index (κ3) is 6.39. The smallest absolute Gasteiger partial charge is 0.254 e. The molecular formula is C26H30Cl2N4O2. The summed E-state index contributed by atoms with van der Waals surface area (Å²) < 4.78 is 1.63. The highest BCUT2D eigenvalue weighted by Crippen LogP contribution is 2.29. The van der Waals surface area contributed by atoms with Crippen LogP contribution in [0.3, 0.4) is 0 Å². The number of amides is 2. The van der Waals surface area contributed by atoms with E-state index in [1.54, 1.807) is 35.0 Å². The van der Waals surface area contributed by atoms with Crippen LogP contribution < -0.4 is 5.32 Å². The van der Waals surface area contributed by atoms with Crippen molar-refractivity contribution in [2.75, 3.05) is 18.4 Å². The Hall–Kier alpha value is -2.83. The number of carbonyl (C=O) groups is 2. The zero-order valence-corrected chi connectivity index (χ0v) is 21.6. The SMILES string of the molecule is CC(C)CN(CC(=O)Nc1cc(C(C)(C)C)nn1-c1ccccc1Cl)C(=O)c1cccc(Cl)c1. The lowest BCUT2D eigenvalue weighted by Gasteiger charge is -2.24. The van der Waals surface area contributed by atoms with Crippen LogP contribution >= 0.6 is 23.2 Å². The Labute approximate surface area is 210 Å². The van der Waals surface area contributed by atoms with E-state index in [9.17, 15) is 9.59 Å². The average molecular weight is 501 g/mol. The van der Waals surface area contributed by atoms with Gasteiger partial charge in [0, 0.05) is 28.6 Å². The van der Waals surface area contributed by atoms with Crippen LogP contribution in [0.25, 0.3) is 5.69 Å². The van der Waals surface area contributed by atoms with E-state index in [4.69, 9.17) is 28.3 Å². The molecule has 2 aromatic carbocycles. The predicted octanol–water partition coefficient (Wildman–Crippen LogP) is 6.21.